The molecule has 1 heterocycles. The van der Waals surface area contributed by atoms with Crippen LogP contribution < -0.4 is 0 Å². The Hall–Kier alpha value is -0.410. The Balaban J connectivity index is 1.89. The number of aldehydes is 1. The van der Waals surface area contributed by atoms with E-state index in [2.05, 4.69) is 0 Å². The van der Waals surface area contributed by atoms with Crippen LogP contribution in [0.1, 0.15) is 32.1 Å². The van der Waals surface area contributed by atoms with Gasteiger partial charge in [-0.3, -0.25) is 0 Å². The fraction of sp³-hybridized carbons (Fsp3) is 0.900. The first kappa shape index (κ1) is 10.7. The summed E-state index contributed by atoms with van der Waals surface area (Å²) in [5.74, 6) is 0. The molecule has 3 nitrogen and oxygen atoms in total. The highest BCUT2D eigenvalue weighted by molar-refractivity contribution is 5.48. The molecular weight excluding hydrogens is 168 g/mol. The lowest BCUT2D eigenvalue weighted by Gasteiger charge is -2.22. The summed E-state index contributed by atoms with van der Waals surface area (Å²) in [4.78, 5) is 10.0. The van der Waals surface area contributed by atoms with Crippen molar-refractivity contribution in [1.29, 1.82) is 0 Å². The third-order valence-electron chi connectivity index (χ3n) is 2.23. The second kappa shape index (κ2) is 7.04. The largest absolute Gasteiger partial charge is 0.376 e. The Morgan fingerprint density at radius 1 is 1.23 bits per heavy atom. The molecule has 0 N–H and O–H groups in total. The van der Waals surface area contributed by atoms with E-state index in [0.717, 1.165) is 51.8 Å². The van der Waals surface area contributed by atoms with E-state index in [1.54, 1.807) is 0 Å². The molecular formula is C10H18O3. The zero-order valence-electron chi connectivity index (χ0n) is 8.04. The molecule has 0 saturated carbocycles. The molecule has 0 aliphatic carbocycles. The Bertz CT molecular complexity index is 130. The van der Waals surface area contributed by atoms with E-state index in [-0.39, 0.29) is 0 Å². The van der Waals surface area contributed by atoms with Gasteiger partial charge in [0.15, 0.2) is 0 Å². The predicted octanol–water partition coefficient (Wildman–Crippen LogP) is 1.55. The summed E-state index contributed by atoms with van der Waals surface area (Å²) in [5, 5.41) is 0. The van der Waals surface area contributed by atoms with Crippen molar-refractivity contribution in [1.82, 2.24) is 0 Å². The van der Waals surface area contributed by atoms with Gasteiger partial charge in [-0.15, -0.1) is 0 Å². The van der Waals surface area contributed by atoms with E-state index in [1.807, 2.05) is 0 Å². The van der Waals surface area contributed by atoms with Crippen molar-refractivity contribution >= 4 is 6.29 Å². The average Bonchev–Trinajstić information content (AvgIpc) is 2.19. The zero-order chi connectivity index (χ0) is 9.36. The lowest BCUT2D eigenvalue weighted by Crippen LogP contribution is -2.28. The highest BCUT2D eigenvalue weighted by Crippen LogP contribution is 2.10. The molecule has 0 amide bonds. The second-order valence-electron chi connectivity index (χ2n) is 3.37. The van der Waals surface area contributed by atoms with Gasteiger partial charge in [0.1, 0.15) is 6.29 Å². The van der Waals surface area contributed by atoms with Gasteiger partial charge >= 0.3 is 0 Å². The minimum atomic E-state index is 0.296. The first-order valence-electron chi connectivity index (χ1n) is 5.06. The molecule has 76 valence electrons. The zero-order valence-corrected chi connectivity index (χ0v) is 8.04. The molecule has 13 heavy (non-hydrogen) atoms. The van der Waals surface area contributed by atoms with E-state index in [9.17, 15) is 4.79 Å². The lowest BCUT2D eigenvalue weighted by atomic mass is 10.1. The Morgan fingerprint density at radius 2 is 2.15 bits per heavy atom. The van der Waals surface area contributed by atoms with E-state index in [4.69, 9.17) is 9.47 Å². The van der Waals surface area contributed by atoms with Gasteiger partial charge in [-0.2, -0.15) is 0 Å². The van der Waals surface area contributed by atoms with Crippen LogP contribution in [-0.4, -0.2) is 32.2 Å². The molecule has 1 atom stereocenters. The maximum Gasteiger partial charge on any atom is 0.119 e. The van der Waals surface area contributed by atoms with Gasteiger partial charge in [-0.05, 0) is 12.8 Å². The quantitative estimate of drug-likeness (QED) is 0.466. The predicted molar refractivity (Wildman–Crippen MR) is 49.7 cm³/mol. The first-order chi connectivity index (χ1) is 6.43. The van der Waals surface area contributed by atoms with Crippen LogP contribution in [0.25, 0.3) is 0 Å². The second-order valence-corrected chi connectivity index (χ2v) is 3.37. The van der Waals surface area contributed by atoms with Crippen LogP contribution in [0.5, 0.6) is 0 Å². The molecule has 1 fully saturated rings. The summed E-state index contributed by atoms with van der Waals surface area (Å²) in [7, 11) is 0. The van der Waals surface area contributed by atoms with Crippen LogP contribution >= 0.6 is 0 Å². The molecule has 0 aromatic carbocycles. The van der Waals surface area contributed by atoms with Gasteiger partial charge in [0.25, 0.3) is 0 Å². The average molecular weight is 186 g/mol. The van der Waals surface area contributed by atoms with Crippen molar-refractivity contribution in [3.05, 3.63) is 0 Å². The van der Waals surface area contributed by atoms with Gasteiger partial charge < -0.3 is 14.3 Å². The minimum absolute atomic E-state index is 0.296. The van der Waals surface area contributed by atoms with Crippen LogP contribution in [0.2, 0.25) is 0 Å². The van der Waals surface area contributed by atoms with Crippen LogP contribution in [0.3, 0.4) is 0 Å². The van der Waals surface area contributed by atoms with E-state index in [0.29, 0.717) is 12.5 Å². The monoisotopic (exact) mass is 186 g/mol. The first-order valence-corrected chi connectivity index (χ1v) is 5.06. The highest BCUT2D eigenvalue weighted by atomic mass is 16.6. The van der Waals surface area contributed by atoms with Gasteiger partial charge in [0, 0.05) is 6.42 Å². The fourth-order valence-electron chi connectivity index (χ4n) is 1.48. The molecule has 0 aromatic rings. The molecule has 0 bridgehead atoms. The molecule has 0 aromatic heterocycles. The van der Waals surface area contributed by atoms with Crippen molar-refractivity contribution < 1.29 is 14.3 Å². The molecule has 0 radical (unpaired) electrons. The molecule has 1 aliphatic rings. The van der Waals surface area contributed by atoms with Gasteiger partial charge in [0.05, 0.1) is 25.9 Å². The third-order valence-corrected chi connectivity index (χ3v) is 2.23. The number of carbonyl (C=O) groups is 1. The van der Waals surface area contributed by atoms with Crippen LogP contribution in [0, 0.1) is 0 Å². The fourth-order valence-corrected chi connectivity index (χ4v) is 1.48. The van der Waals surface area contributed by atoms with E-state index >= 15 is 0 Å². The summed E-state index contributed by atoms with van der Waals surface area (Å²) in [6, 6.07) is 0. The number of hydrogen-bond donors (Lipinski definition) is 0. The summed E-state index contributed by atoms with van der Waals surface area (Å²) < 4.78 is 10.8. The third kappa shape index (κ3) is 5.01. The number of unbranched alkanes of at least 4 members (excludes halogenated alkanes) is 3. The lowest BCUT2D eigenvalue weighted by molar-refractivity contribution is -0.108. The Labute approximate surface area is 79.4 Å². The van der Waals surface area contributed by atoms with Gasteiger partial charge in [-0.1, -0.05) is 12.8 Å². The highest BCUT2D eigenvalue weighted by Gasteiger charge is 2.12. The van der Waals surface area contributed by atoms with E-state index in [1.165, 1.54) is 0 Å². The Kier molecular flexibility index (Phi) is 5.78. The van der Waals surface area contributed by atoms with Gasteiger partial charge in [0.2, 0.25) is 0 Å². The summed E-state index contributed by atoms with van der Waals surface area (Å²) >= 11 is 0. The van der Waals surface area contributed by atoms with Gasteiger partial charge in [-0.25, -0.2) is 0 Å². The summed E-state index contributed by atoms with van der Waals surface area (Å²) in [6.45, 7) is 2.22. The SMILES string of the molecule is O=CCCCCCC1COCCO1. The maximum absolute atomic E-state index is 10.0. The van der Waals surface area contributed by atoms with Crippen LogP contribution in [0.4, 0.5) is 0 Å². The molecule has 1 unspecified atom stereocenters. The van der Waals surface area contributed by atoms with E-state index < -0.39 is 0 Å². The molecule has 1 saturated heterocycles. The summed E-state index contributed by atoms with van der Waals surface area (Å²) in [5.41, 5.74) is 0. The molecule has 0 spiro atoms. The topological polar surface area (TPSA) is 35.5 Å². The normalized spacial score (nSPS) is 22.9. The van der Waals surface area contributed by atoms with Crippen molar-refractivity contribution in [2.75, 3.05) is 19.8 Å². The maximum atomic E-state index is 10.0. The molecule has 3 heteroatoms. The molecule has 1 aliphatic heterocycles. The number of hydrogen-bond acceptors (Lipinski definition) is 3. The van der Waals surface area contributed by atoms with Crippen LogP contribution in [0.15, 0.2) is 0 Å². The smallest absolute Gasteiger partial charge is 0.119 e. The number of ether oxygens (including phenoxy) is 2. The number of carbonyl (C=O) groups excluding carboxylic acids is 1. The number of rotatable bonds is 6. The van der Waals surface area contributed by atoms with Crippen LogP contribution in [-0.2, 0) is 14.3 Å². The van der Waals surface area contributed by atoms with Crippen molar-refractivity contribution in [2.24, 2.45) is 0 Å². The molecule has 1 rings (SSSR count). The standard InChI is InChI=1S/C10H18O3/c11-6-4-2-1-3-5-10-9-12-7-8-13-10/h6,10H,1-5,7-9H2. The minimum Gasteiger partial charge on any atom is -0.376 e. The Morgan fingerprint density at radius 3 is 2.85 bits per heavy atom. The van der Waals surface area contributed by atoms with Crippen molar-refractivity contribution in [3.8, 4) is 0 Å². The van der Waals surface area contributed by atoms with Crippen molar-refractivity contribution in [3.63, 3.8) is 0 Å². The summed E-state index contributed by atoms with van der Waals surface area (Å²) in [6.07, 6.45) is 6.32. The van der Waals surface area contributed by atoms with Crippen molar-refractivity contribution in [2.45, 2.75) is 38.2 Å².